The molecule has 0 aromatic heterocycles. The second-order valence-electron chi connectivity index (χ2n) is 4.88. The molecule has 1 aromatic carbocycles. The summed E-state index contributed by atoms with van der Waals surface area (Å²) in [7, 11) is 2.95. The Morgan fingerprint density at radius 1 is 1.43 bits per heavy atom. The normalized spacial score (nSPS) is 17.7. The van der Waals surface area contributed by atoms with Gasteiger partial charge in [0.1, 0.15) is 11.7 Å². The molecule has 0 aliphatic carbocycles. The number of nitrogens with zero attached hydrogens (tertiary/aromatic N) is 1. The van der Waals surface area contributed by atoms with Crippen LogP contribution < -0.4 is 15.5 Å². The Morgan fingerprint density at radius 2 is 2.14 bits per heavy atom. The van der Waals surface area contributed by atoms with Crippen LogP contribution >= 0.6 is 0 Å². The van der Waals surface area contributed by atoms with Crippen molar-refractivity contribution < 1.29 is 19.1 Å². The second kappa shape index (κ2) is 5.82. The van der Waals surface area contributed by atoms with E-state index in [0.29, 0.717) is 11.4 Å². The van der Waals surface area contributed by atoms with Crippen LogP contribution in [-0.2, 0) is 14.4 Å². The van der Waals surface area contributed by atoms with E-state index < -0.39 is 23.6 Å². The van der Waals surface area contributed by atoms with Gasteiger partial charge in [-0.1, -0.05) is 6.07 Å². The highest BCUT2D eigenvalue weighted by atomic mass is 16.5. The molecule has 3 amide bonds. The van der Waals surface area contributed by atoms with Crippen LogP contribution in [0.1, 0.15) is 12.0 Å². The van der Waals surface area contributed by atoms with Crippen LogP contribution in [-0.4, -0.2) is 36.9 Å². The van der Waals surface area contributed by atoms with E-state index in [1.165, 1.54) is 14.2 Å². The number of amides is 3. The van der Waals surface area contributed by atoms with Crippen molar-refractivity contribution in [3.05, 3.63) is 23.8 Å². The summed E-state index contributed by atoms with van der Waals surface area (Å²) < 4.78 is 5.16. The molecule has 1 fully saturated rings. The molecule has 0 saturated carbocycles. The van der Waals surface area contributed by atoms with Gasteiger partial charge in [0.15, 0.2) is 0 Å². The lowest BCUT2D eigenvalue weighted by atomic mass is 10.0. The summed E-state index contributed by atoms with van der Waals surface area (Å²) in [4.78, 5) is 35.3. The third kappa shape index (κ3) is 3.13. The first-order chi connectivity index (χ1) is 9.92. The molecular formula is C14H17N3O4. The number of benzene rings is 1. The molecule has 0 radical (unpaired) electrons. The van der Waals surface area contributed by atoms with E-state index >= 15 is 0 Å². The van der Waals surface area contributed by atoms with Crippen molar-refractivity contribution in [1.82, 2.24) is 10.4 Å². The van der Waals surface area contributed by atoms with Crippen LogP contribution in [0.5, 0.6) is 5.75 Å². The molecule has 2 rings (SSSR count). The van der Waals surface area contributed by atoms with Crippen molar-refractivity contribution in [2.45, 2.75) is 13.3 Å². The fourth-order valence-electron chi connectivity index (χ4n) is 2.13. The number of hydrogen-bond donors (Lipinski definition) is 2. The van der Waals surface area contributed by atoms with E-state index in [-0.39, 0.29) is 6.42 Å². The Labute approximate surface area is 122 Å². The minimum atomic E-state index is -0.981. The molecule has 7 nitrogen and oxygen atoms in total. The zero-order chi connectivity index (χ0) is 15.6. The highest BCUT2D eigenvalue weighted by Crippen LogP contribution is 2.26. The first kappa shape index (κ1) is 14.8. The van der Waals surface area contributed by atoms with E-state index in [1.54, 1.807) is 12.1 Å². The minimum absolute atomic E-state index is 0.202. The smallest absolute Gasteiger partial charge is 0.253 e. The van der Waals surface area contributed by atoms with Crippen LogP contribution in [0.3, 0.4) is 0 Å². The van der Waals surface area contributed by atoms with Gasteiger partial charge in [-0.2, -0.15) is 0 Å². The molecule has 7 heteroatoms. The zero-order valence-corrected chi connectivity index (χ0v) is 12.1. The topological polar surface area (TPSA) is 87.7 Å². The monoisotopic (exact) mass is 291 g/mol. The first-order valence-electron chi connectivity index (χ1n) is 6.45. The molecule has 1 atom stereocenters. The van der Waals surface area contributed by atoms with Gasteiger partial charge in [0.05, 0.1) is 12.8 Å². The van der Waals surface area contributed by atoms with E-state index in [2.05, 4.69) is 10.7 Å². The standard InChI is InChI=1S/C14H17N3O4/c1-8-4-5-11(21-3)10(6-8)15-12(18)7-9-13(19)16-17(2)14(9)20/h4-6,9H,7H2,1-3H3,(H,15,18)(H,16,19). The molecule has 0 spiro atoms. The van der Waals surface area contributed by atoms with Gasteiger partial charge in [-0.25, -0.2) is 0 Å². The zero-order valence-electron chi connectivity index (χ0n) is 12.1. The molecule has 1 saturated heterocycles. The Kier molecular flexibility index (Phi) is 4.11. The van der Waals surface area contributed by atoms with Gasteiger partial charge in [-0.15, -0.1) is 0 Å². The molecule has 21 heavy (non-hydrogen) atoms. The summed E-state index contributed by atoms with van der Waals surface area (Å²) in [5.41, 5.74) is 3.83. The minimum Gasteiger partial charge on any atom is -0.495 e. The van der Waals surface area contributed by atoms with E-state index in [9.17, 15) is 14.4 Å². The van der Waals surface area contributed by atoms with E-state index in [1.807, 2.05) is 13.0 Å². The number of rotatable bonds is 4. The van der Waals surface area contributed by atoms with Gasteiger partial charge in [0.25, 0.3) is 11.8 Å². The van der Waals surface area contributed by atoms with Crippen molar-refractivity contribution in [2.75, 3.05) is 19.5 Å². The number of carbonyl (C=O) groups is 3. The van der Waals surface area contributed by atoms with Crippen molar-refractivity contribution in [3.63, 3.8) is 0 Å². The van der Waals surface area contributed by atoms with E-state index in [0.717, 1.165) is 10.6 Å². The highest BCUT2D eigenvalue weighted by molar-refractivity contribution is 6.09. The summed E-state index contributed by atoms with van der Waals surface area (Å²) in [6.45, 7) is 1.89. The Balaban J connectivity index is 2.07. The number of hydrogen-bond acceptors (Lipinski definition) is 4. The van der Waals surface area contributed by atoms with Gasteiger partial charge in [0.2, 0.25) is 5.91 Å². The van der Waals surface area contributed by atoms with Gasteiger partial charge in [0, 0.05) is 13.5 Å². The molecular weight excluding hydrogens is 274 g/mol. The number of aryl methyl sites for hydroxylation is 1. The average Bonchev–Trinajstić information content (AvgIpc) is 2.66. The maximum absolute atomic E-state index is 12.0. The largest absolute Gasteiger partial charge is 0.495 e. The van der Waals surface area contributed by atoms with Crippen LogP contribution in [0.4, 0.5) is 5.69 Å². The van der Waals surface area contributed by atoms with Gasteiger partial charge in [-0.3, -0.25) is 24.8 Å². The number of hydrazine groups is 1. The molecule has 2 N–H and O–H groups in total. The van der Waals surface area contributed by atoms with Crippen LogP contribution in [0, 0.1) is 12.8 Å². The molecule has 1 aliphatic rings. The maximum Gasteiger partial charge on any atom is 0.253 e. The van der Waals surface area contributed by atoms with Crippen LogP contribution in [0.2, 0.25) is 0 Å². The summed E-state index contributed by atoms with van der Waals surface area (Å²) in [6.07, 6.45) is -0.202. The summed E-state index contributed by atoms with van der Waals surface area (Å²) in [5.74, 6) is -1.75. The fraction of sp³-hybridized carbons (Fsp3) is 0.357. The maximum atomic E-state index is 12.0. The van der Waals surface area contributed by atoms with Crippen molar-refractivity contribution >= 4 is 23.4 Å². The lowest BCUT2D eigenvalue weighted by Gasteiger charge is -2.12. The van der Waals surface area contributed by atoms with Gasteiger partial charge in [-0.05, 0) is 24.6 Å². The summed E-state index contributed by atoms with van der Waals surface area (Å²) >= 11 is 0. The van der Waals surface area contributed by atoms with Crippen molar-refractivity contribution in [1.29, 1.82) is 0 Å². The quantitative estimate of drug-likeness (QED) is 0.789. The number of nitrogens with one attached hydrogen (secondary N) is 2. The number of ether oxygens (including phenoxy) is 1. The van der Waals surface area contributed by atoms with Crippen molar-refractivity contribution in [2.24, 2.45) is 5.92 Å². The Bertz CT molecular complexity index is 600. The predicted molar refractivity (Wildman–Crippen MR) is 75.4 cm³/mol. The van der Waals surface area contributed by atoms with E-state index in [4.69, 9.17) is 4.74 Å². The molecule has 1 heterocycles. The van der Waals surface area contributed by atoms with Crippen molar-refractivity contribution in [3.8, 4) is 5.75 Å². The molecule has 1 unspecified atom stereocenters. The average molecular weight is 291 g/mol. The highest BCUT2D eigenvalue weighted by Gasteiger charge is 2.38. The molecule has 1 aliphatic heterocycles. The van der Waals surface area contributed by atoms with Crippen LogP contribution in [0.25, 0.3) is 0 Å². The SMILES string of the molecule is COc1ccc(C)cc1NC(=O)CC1C(=O)NN(C)C1=O. The third-order valence-corrected chi connectivity index (χ3v) is 3.24. The molecule has 1 aromatic rings. The lowest BCUT2D eigenvalue weighted by molar-refractivity contribution is -0.134. The number of methoxy groups -OCH3 is 1. The summed E-state index contributed by atoms with van der Waals surface area (Å²) in [5, 5.41) is 3.76. The molecule has 112 valence electrons. The fourth-order valence-corrected chi connectivity index (χ4v) is 2.13. The Hall–Kier alpha value is -2.57. The lowest BCUT2D eigenvalue weighted by Crippen LogP contribution is -2.31. The van der Waals surface area contributed by atoms with Crippen LogP contribution in [0.15, 0.2) is 18.2 Å². The number of carbonyl (C=O) groups excluding carboxylic acids is 3. The molecule has 0 bridgehead atoms. The number of anilines is 1. The van der Waals surface area contributed by atoms with Gasteiger partial charge < -0.3 is 10.1 Å². The summed E-state index contributed by atoms with van der Waals surface area (Å²) in [6, 6.07) is 5.36. The first-order valence-corrected chi connectivity index (χ1v) is 6.45. The van der Waals surface area contributed by atoms with Gasteiger partial charge >= 0.3 is 0 Å². The second-order valence-corrected chi connectivity index (χ2v) is 4.88. The third-order valence-electron chi connectivity index (χ3n) is 3.24. The predicted octanol–water partition coefficient (Wildman–Crippen LogP) is 0.452. The Morgan fingerprint density at radius 3 is 2.71 bits per heavy atom.